The second kappa shape index (κ2) is 10.7. The number of anilines is 1. The molecule has 2 heterocycles. The molecule has 2 aromatic heterocycles. The lowest BCUT2D eigenvalue weighted by molar-refractivity contribution is 0.0505. The van der Waals surface area contributed by atoms with Crippen LogP contribution in [-0.2, 0) is 37.0 Å². The number of benzene rings is 1. The summed E-state index contributed by atoms with van der Waals surface area (Å²) < 4.78 is 17.1. The fraction of sp³-hybridized carbons (Fsp3) is 0.429. The van der Waals surface area contributed by atoms with Crippen molar-refractivity contribution >= 4 is 28.2 Å². The third-order valence-corrected chi connectivity index (χ3v) is 7.83. The maximum atomic E-state index is 13.0. The number of hydrogen-bond donors (Lipinski definition) is 1. The van der Waals surface area contributed by atoms with Crippen molar-refractivity contribution in [2.24, 2.45) is 0 Å². The minimum atomic E-state index is -0.380. The second-order valence-corrected chi connectivity index (χ2v) is 10.3. The first-order valence-electron chi connectivity index (χ1n) is 12.6. The molecule has 6 nitrogen and oxygen atoms in total. The zero-order chi connectivity index (χ0) is 24.2. The SMILES string of the molecule is CCCOC(=O)c1c(NC(=O)c2ccc(COc3ccc4c(c3)CCC4)o2)sc2c1CCCCC2. The molecule has 0 aliphatic heterocycles. The number of aryl methyl sites for hydroxylation is 3. The van der Waals surface area contributed by atoms with E-state index in [9.17, 15) is 9.59 Å². The summed E-state index contributed by atoms with van der Waals surface area (Å²) in [6.45, 7) is 2.57. The Morgan fingerprint density at radius 2 is 1.86 bits per heavy atom. The van der Waals surface area contributed by atoms with Crippen LogP contribution in [0.2, 0.25) is 0 Å². The van der Waals surface area contributed by atoms with Crippen molar-refractivity contribution in [3.8, 4) is 5.75 Å². The lowest BCUT2D eigenvalue weighted by atomic mass is 10.1. The number of fused-ring (bicyclic) bond motifs is 2. The predicted molar refractivity (Wildman–Crippen MR) is 136 cm³/mol. The van der Waals surface area contributed by atoms with Crippen LogP contribution >= 0.6 is 11.3 Å². The first kappa shape index (κ1) is 23.7. The van der Waals surface area contributed by atoms with Gasteiger partial charge in [-0.25, -0.2) is 4.79 Å². The molecule has 2 aliphatic carbocycles. The van der Waals surface area contributed by atoms with Crippen LogP contribution in [0, 0.1) is 0 Å². The van der Waals surface area contributed by atoms with Crippen molar-refractivity contribution < 1.29 is 23.5 Å². The normalized spacial score (nSPS) is 14.7. The molecule has 2 aliphatic rings. The van der Waals surface area contributed by atoms with Crippen molar-refractivity contribution in [1.29, 1.82) is 0 Å². The molecule has 0 unspecified atom stereocenters. The van der Waals surface area contributed by atoms with Crippen molar-refractivity contribution in [3.63, 3.8) is 0 Å². The Kier molecular flexibility index (Phi) is 7.23. The van der Waals surface area contributed by atoms with Gasteiger partial charge < -0.3 is 19.2 Å². The summed E-state index contributed by atoms with van der Waals surface area (Å²) in [6.07, 6.45) is 9.22. The molecule has 1 amide bonds. The van der Waals surface area contributed by atoms with E-state index in [0.717, 1.165) is 62.7 Å². The van der Waals surface area contributed by atoms with E-state index in [0.29, 0.717) is 22.9 Å². The Morgan fingerprint density at radius 3 is 2.74 bits per heavy atom. The fourth-order valence-electron chi connectivity index (χ4n) is 4.85. The molecule has 0 bridgehead atoms. The summed E-state index contributed by atoms with van der Waals surface area (Å²) in [7, 11) is 0. The van der Waals surface area contributed by atoms with Gasteiger partial charge in [-0.3, -0.25) is 4.79 Å². The number of carbonyl (C=O) groups is 2. The molecular weight excluding hydrogens is 462 g/mol. The first-order valence-corrected chi connectivity index (χ1v) is 13.4. The minimum Gasteiger partial charge on any atom is -0.486 e. The number of carbonyl (C=O) groups excluding carboxylic acids is 2. The zero-order valence-electron chi connectivity index (χ0n) is 20.1. The van der Waals surface area contributed by atoms with E-state index >= 15 is 0 Å². The monoisotopic (exact) mass is 493 g/mol. The molecule has 0 radical (unpaired) electrons. The number of esters is 1. The molecule has 5 rings (SSSR count). The Hall–Kier alpha value is -3.06. The molecule has 0 atom stereocenters. The molecule has 0 fully saturated rings. The Bertz CT molecular complexity index is 1220. The predicted octanol–water partition coefficient (Wildman–Crippen LogP) is 6.50. The van der Waals surface area contributed by atoms with Gasteiger partial charge in [-0.05, 0) is 92.3 Å². The van der Waals surface area contributed by atoms with Gasteiger partial charge in [0.2, 0.25) is 0 Å². The lowest BCUT2D eigenvalue weighted by Crippen LogP contribution is -2.15. The van der Waals surface area contributed by atoms with Crippen LogP contribution in [0.5, 0.6) is 5.75 Å². The van der Waals surface area contributed by atoms with Crippen LogP contribution in [0.25, 0.3) is 0 Å². The second-order valence-electron chi connectivity index (χ2n) is 9.20. The summed E-state index contributed by atoms with van der Waals surface area (Å²) >= 11 is 1.48. The van der Waals surface area contributed by atoms with Gasteiger partial charge in [0.15, 0.2) is 5.76 Å². The first-order chi connectivity index (χ1) is 17.1. The number of furan rings is 1. The van der Waals surface area contributed by atoms with Crippen LogP contribution in [0.15, 0.2) is 34.7 Å². The largest absolute Gasteiger partial charge is 0.486 e. The van der Waals surface area contributed by atoms with Gasteiger partial charge >= 0.3 is 5.97 Å². The van der Waals surface area contributed by atoms with Crippen molar-refractivity contribution in [1.82, 2.24) is 0 Å². The summed E-state index contributed by atoms with van der Waals surface area (Å²) in [5.41, 5.74) is 4.30. The van der Waals surface area contributed by atoms with Crippen molar-refractivity contribution in [2.75, 3.05) is 11.9 Å². The number of rotatable bonds is 8. The summed E-state index contributed by atoms with van der Waals surface area (Å²) in [5, 5.41) is 3.47. The van der Waals surface area contributed by atoms with Crippen LogP contribution in [0.1, 0.15) is 87.3 Å². The number of thiophene rings is 1. The Labute approximate surface area is 209 Å². The van der Waals surface area contributed by atoms with Crippen LogP contribution < -0.4 is 10.1 Å². The number of nitrogens with one attached hydrogen (secondary N) is 1. The molecule has 184 valence electrons. The molecule has 0 saturated carbocycles. The van der Waals surface area contributed by atoms with E-state index in [1.807, 2.05) is 13.0 Å². The molecule has 3 aromatic rings. The van der Waals surface area contributed by atoms with Gasteiger partial charge in [0.25, 0.3) is 5.91 Å². The standard InChI is InChI=1S/C28H31NO5S/c1-2-15-32-28(31)25-22-9-4-3-5-10-24(22)35-27(25)29-26(30)23-14-13-21(34-23)17-33-20-12-11-18-7-6-8-19(18)16-20/h11-14,16H,2-10,15,17H2,1H3,(H,29,30). The van der Waals surface area contributed by atoms with E-state index < -0.39 is 0 Å². The van der Waals surface area contributed by atoms with Gasteiger partial charge in [-0.15, -0.1) is 11.3 Å². The van der Waals surface area contributed by atoms with Gasteiger partial charge in [-0.2, -0.15) is 0 Å². The van der Waals surface area contributed by atoms with E-state index in [-0.39, 0.29) is 24.2 Å². The molecule has 35 heavy (non-hydrogen) atoms. The molecule has 1 aromatic carbocycles. The van der Waals surface area contributed by atoms with Gasteiger partial charge in [0.1, 0.15) is 23.1 Å². The summed E-state index contributed by atoms with van der Waals surface area (Å²) in [4.78, 5) is 27.1. The fourth-order valence-corrected chi connectivity index (χ4v) is 6.12. The maximum Gasteiger partial charge on any atom is 0.341 e. The van der Waals surface area contributed by atoms with E-state index in [2.05, 4.69) is 17.4 Å². The number of hydrogen-bond acceptors (Lipinski definition) is 6. The average molecular weight is 494 g/mol. The van der Waals surface area contributed by atoms with Gasteiger partial charge in [-0.1, -0.05) is 19.4 Å². The van der Waals surface area contributed by atoms with E-state index in [1.54, 1.807) is 12.1 Å². The highest BCUT2D eigenvalue weighted by molar-refractivity contribution is 7.17. The zero-order valence-corrected chi connectivity index (χ0v) is 20.9. The highest BCUT2D eigenvalue weighted by atomic mass is 32.1. The topological polar surface area (TPSA) is 77.8 Å². The van der Waals surface area contributed by atoms with E-state index in [4.69, 9.17) is 13.9 Å². The average Bonchev–Trinajstić information content (AvgIpc) is 3.56. The van der Waals surface area contributed by atoms with E-state index in [1.165, 1.54) is 33.8 Å². The molecule has 7 heteroatoms. The Morgan fingerprint density at radius 1 is 1.00 bits per heavy atom. The highest BCUT2D eigenvalue weighted by Gasteiger charge is 2.27. The summed E-state index contributed by atoms with van der Waals surface area (Å²) in [6, 6.07) is 9.61. The number of amides is 1. The Balaban J connectivity index is 1.28. The smallest absolute Gasteiger partial charge is 0.341 e. The van der Waals surface area contributed by atoms with Crippen molar-refractivity contribution in [2.45, 2.75) is 71.3 Å². The quantitative estimate of drug-likeness (QED) is 0.286. The maximum absolute atomic E-state index is 13.0. The highest BCUT2D eigenvalue weighted by Crippen LogP contribution is 2.38. The minimum absolute atomic E-state index is 0.189. The lowest BCUT2D eigenvalue weighted by Gasteiger charge is -2.08. The molecule has 1 N–H and O–H groups in total. The third kappa shape index (κ3) is 5.30. The molecule has 0 spiro atoms. The van der Waals surface area contributed by atoms with Gasteiger partial charge in [0, 0.05) is 4.88 Å². The van der Waals surface area contributed by atoms with Crippen LogP contribution in [0.3, 0.4) is 0 Å². The third-order valence-electron chi connectivity index (χ3n) is 6.63. The van der Waals surface area contributed by atoms with Gasteiger partial charge in [0.05, 0.1) is 12.2 Å². The van der Waals surface area contributed by atoms with Crippen molar-refractivity contribution in [3.05, 3.63) is 69.0 Å². The summed E-state index contributed by atoms with van der Waals surface area (Å²) in [5.74, 6) is 0.830. The molecular formula is C28H31NO5S. The number of ether oxygens (including phenoxy) is 2. The molecule has 0 saturated heterocycles. The van der Waals surface area contributed by atoms with Crippen LogP contribution in [-0.4, -0.2) is 18.5 Å². The van der Waals surface area contributed by atoms with Crippen LogP contribution in [0.4, 0.5) is 5.00 Å².